The number of aromatic nitrogens is 1. The lowest BCUT2D eigenvalue weighted by molar-refractivity contribution is 0.0726. The Morgan fingerprint density at radius 2 is 2.00 bits per heavy atom. The third-order valence-electron chi connectivity index (χ3n) is 3.87. The molecule has 1 aromatic heterocycles. The van der Waals surface area contributed by atoms with Crippen molar-refractivity contribution in [2.45, 2.75) is 26.2 Å². The standard InChI is InChI=1S/C16H19N3O/c1-11-10-13(16(20)19-8-3-2-4-9-19)12-6-5-7-14(17)15(12)18-11/h5-7,10H,2-4,8-9,17H2,1H3. The first-order valence-corrected chi connectivity index (χ1v) is 7.12. The van der Waals surface area contributed by atoms with Crippen molar-refractivity contribution < 1.29 is 4.79 Å². The molecular weight excluding hydrogens is 250 g/mol. The van der Waals surface area contributed by atoms with Crippen LogP contribution in [0.2, 0.25) is 0 Å². The first-order valence-electron chi connectivity index (χ1n) is 7.12. The highest BCUT2D eigenvalue weighted by atomic mass is 16.2. The van der Waals surface area contributed by atoms with Crippen molar-refractivity contribution in [1.82, 2.24) is 9.88 Å². The number of nitrogen functional groups attached to an aromatic ring is 1. The molecule has 104 valence electrons. The first kappa shape index (κ1) is 12.9. The molecule has 0 spiro atoms. The molecular formula is C16H19N3O. The van der Waals surface area contributed by atoms with Crippen LogP contribution in [0.5, 0.6) is 0 Å². The summed E-state index contributed by atoms with van der Waals surface area (Å²) in [6, 6.07) is 7.50. The van der Waals surface area contributed by atoms with E-state index < -0.39 is 0 Å². The van der Waals surface area contributed by atoms with Gasteiger partial charge in [0.15, 0.2) is 0 Å². The van der Waals surface area contributed by atoms with Crippen LogP contribution in [-0.2, 0) is 0 Å². The van der Waals surface area contributed by atoms with Gasteiger partial charge in [-0.1, -0.05) is 12.1 Å². The Bertz CT molecular complexity index is 660. The Morgan fingerprint density at radius 1 is 1.25 bits per heavy atom. The van der Waals surface area contributed by atoms with Gasteiger partial charge in [0, 0.05) is 24.2 Å². The lowest BCUT2D eigenvalue weighted by atomic mass is 10.0. The molecule has 4 heteroatoms. The molecule has 3 rings (SSSR count). The van der Waals surface area contributed by atoms with Crippen LogP contribution in [-0.4, -0.2) is 28.9 Å². The predicted molar refractivity (Wildman–Crippen MR) is 80.6 cm³/mol. The van der Waals surface area contributed by atoms with E-state index in [1.165, 1.54) is 6.42 Å². The molecule has 0 radical (unpaired) electrons. The van der Waals surface area contributed by atoms with Crippen molar-refractivity contribution in [1.29, 1.82) is 0 Å². The van der Waals surface area contributed by atoms with Crippen molar-refractivity contribution in [3.05, 3.63) is 35.5 Å². The Labute approximate surface area is 118 Å². The number of nitrogens with two attached hydrogens (primary N) is 1. The fourth-order valence-electron chi connectivity index (χ4n) is 2.84. The number of pyridine rings is 1. The summed E-state index contributed by atoms with van der Waals surface area (Å²) in [6.07, 6.45) is 3.40. The summed E-state index contributed by atoms with van der Waals surface area (Å²) in [6.45, 7) is 3.60. The summed E-state index contributed by atoms with van der Waals surface area (Å²) in [4.78, 5) is 19.1. The number of carbonyl (C=O) groups is 1. The van der Waals surface area contributed by atoms with Gasteiger partial charge in [0.2, 0.25) is 0 Å². The van der Waals surface area contributed by atoms with E-state index in [9.17, 15) is 4.79 Å². The zero-order valence-electron chi connectivity index (χ0n) is 11.7. The zero-order valence-corrected chi connectivity index (χ0v) is 11.7. The Hall–Kier alpha value is -2.10. The van der Waals surface area contributed by atoms with Crippen LogP contribution in [0.25, 0.3) is 10.9 Å². The van der Waals surface area contributed by atoms with Crippen molar-refractivity contribution in [2.24, 2.45) is 0 Å². The Kier molecular flexibility index (Phi) is 3.30. The second-order valence-electron chi connectivity index (χ2n) is 5.41. The normalized spacial score (nSPS) is 15.6. The molecule has 2 heterocycles. The second kappa shape index (κ2) is 5.12. The summed E-state index contributed by atoms with van der Waals surface area (Å²) in [5.41, 5.74) is 8.89. The van der Waals surface area contributed by atoms with Crippen LogP contribution >= 0.6 is 0 Å². The zero-order chi connectivity index (χ0) is 14.1. The number of amides is 1. The number of hydrogen-bond acceptors (Lipinski definition) is 3. The summed E-state index contributed by atoms with van der Waals surface area (Å²) >= 11 is 0. The Balaban J connectivity index is 2.10. The van der Waals surface area contributed by atoms with Crippen LogP contribution in [0.4, 0.5) is 5.69 Å². The molecule has 1 saturated heterocycles. The number of nitrogens with zero attached hydrogens (tertiary/aromatic N) is 2. The minimum absolute atomic E-state index is 0.103. The molecule has 1 fully saturated rings. The van der Waals surface area contributed by atoms with Crippen molar-refractivity contribution in [2.75, 3.05) is 18.8 Å². The van der Waals surface area contributed by atoms with E-state index in [0.717, 1.165) is 48.1 Å². The topological polar surface area (TPSA) is 59.2 Å². The van der Waals surface area contributed by atoms with E-state index in [2.05, 4.69) is 4.98 Å². The average molecular weight is 269 g/mol. The van der Waals surface area contributed by atoms with Gasteiger partial charge >= 0.3 is 0 Å². The minimum atomic E-state index is 0.103. The van der Waals surface area contributed by atoms with Gasteiger partial charge in [0.25, 0.3) is 5.91 Å². The molecule has 1 aliphatic heterocycles. The van der Waals surface area contributed by atoms with Gasteiger partial charge in [-0.2, -0.15) is 0 Å². The molecule has 2 N–H and O–H groups in total. The number of carbonyl (C=O) groups excluding carboxylic acids is 1. The maximum absolute atomic E-state index is 12.7. The SMILES string of the molecule is Cc1cc(C(=O)N2CCCCC2)c2cccc(N)c2n1. The smallest absolute Gasteiger partial charge is 0.254 e. The fraction of sp³-hybridized carbons (Fsp3) is 0.375. The first-order chi connectivity index (χ1) is 9.66. The van der Waals surface area contributed by atoms with Crippen LogP contribution in [0.1, 0.15) is 35.3 Å². The molecule has 0 atom stereocenters. The molecule has 1 amide bonds. The van der Waals surface area contributed by atoms with Crippen LogP contribution in [0.15, 0.2) is 24.3 Å². The molecule has 0 bridgehead atoms. The van der Waals surface area contributed by atoms with E-state index in [0.29, 0.717) is 5.69 Å². The van der Waals surface area contributed by atoms with Crippen molar-refractivity contribution in [3.63, 3.8) is 0 Å². The molecule has 1 aliphatic rings. The highest BCUT2D eigenvalue weighted by Crippen LogP contribution is 2.25. The van der Waals surface area contributed by atoms with Crippen LogP contribution in [0.3, 0.4) is 0 Å². The lowest BCUT2D eigenvalue weighted by Gasteiger charge is -2.27. The molecule has 1 aromatic carbocycles. The number of piperidine rings is 1. The molecule has 0 unspecified atom stereocenters. The number of likely N-dealkylation sites (tertiary alicyclic amines) is 1. The Morgan fingerprint density at radius 3 is 2.75 bits per heavy atom. The number of para-hydroxylation sites is 1. The molecule has 0 saturated carbocycles. The summed E-state index contributed by atoms with van der Waals surface area (Å²) in [7, 11) is 0. The van der Waals surface area contributed by atoms with Gasteiger partial charge in [-0.05, 0) is 38.3 Å². The minimum Gasteiger partial charge on any atom is -0.397 e. The molecule has 4 nitrogen and oxygen atoms in total. The van der Waals surface area contributed by atoms with Gasteiger partial charge in [-0.3, -0.25) is 9.78 Å². The average Bonchev–Trinajstić information content (AvgIpc) is 2.48. The van der Waals surface area contributed by atoms with E-state index in [-0.39, 0.29) is 5.91 Å². The van der Waals surface area contributed by atoms with E-state index in [4.69, 9.17) is 5.73 Å². The van der Waals surface area contributed by atoms with Gasteiger partial charge in [0.1, 0.15) is 0 Å². The van der Waals surface area contributed by atoms with Crippen molar-refractivity contribution >= 4 is 22.5 Å². The van der Waals surface area contributed by atoms with Crippen LogP contribution in [0, 0.1) is 6.92 Å². The lowest BCUT2D eigenvalue weighted by Crippen LogP contribution is -2.35. The highest BCUT2D eigenvalue weighted by molar-refractivity contribution is 6.08. The molecule has 2 aromatic rings. The monoisotopic (exact) mass is 269 g/mol. The highest BCUT2D eigenvalue weighted by Gasteiger charge is 2.21. The van der Waals surface area contributed by atoms with Gasteiger partial charge < -0.3 is 10.6 Å². The largest absolute Gasteiger partial charge is 0.397 e. The number of aryl methyl sites for hydroxylation is 1. The van der Waals surface area contributed by atoms with E-state index in [1.54, 1.807) is 0 Å². The number of hydrogen-bond donors (Lipinski definition) is 1. The summed E-state index contributed by atoms with van der Waals surface area (Å²) in [5.74, 6) is 0.103. The van der Waals surface area contributed by atoms with Gasteiger partial charge in [-0.25, -0.2) is 0 Å². The van der Waals surface area contributed by atoms with Crippen LogP contribution < -0.4 is 5.73 Å². The van der Waals surface area contributed by atoms with Gasteiger partial charge in [-0.15, -0.1) is 0 Å². The third kappa shape index (κ3) is 2.22. The van der Waals surface area contributed by atoms with Gasteiger partial charge in [0.05, 0.1) is 16.8 Å². The quantitative estimate of drug-likeness (QED) is 0.810. The number of fused-ring (bicyclic) bond motifs is 1. The van der Waals surface area contributed by atoms with Crippen molar-refractivity contribution in [3.8, 4) is 0 Å². The maximum atomic E-state index is 12.7. The molecule has 0 aliphatic carbocycles. The number of rotatable bonds is 1. The predicted octanol–water partition coefficient (Wildman–Crippen LogP) is 2.75. The second-order valence-corrected chi connectivity index (χ2v) is 5.41. The molecule has 20 heavy (non-hydrogen) atoms. The van der Waals surface area contributed by atoms with E-state index >= 15 is 0 Å². The maximum Gasteiger partial charge on any atom is 0.254 e. The number of benzene rings is 1. The summed E-state index contributed by atoms with van der Waals surface area (Å²) < 4.78 is 0. The van der Waals surface area contributed by atoms with E-state index in [1.807, 2.05) is 36.1 Å². The fourth-order valence-corrected chi connectivity index (χ4v) is 2.84. The number of anilines is 1. The third-order valence-corrected chi connectivity index (χ3v) is 3.87. The summed E-state index contributed by atoms with van der Waals surface area (Å²) in [5, 5.41) is 0.853.